The molecule has 1 unspecified atom stereocenters. The molecule has 2 aromatic rings. The van der Waals surface area contributed by atoms with Crippen LogP contribution in [0.15, 0.2) is 49.1 Å². The summed E-state index contributed by atoms with van der Waals surface area (Å²) < 4.78 is 2.17. The zero-order valence-electron chi connectivity index (χ0n) is 12.0. The molecule has 1 aromatic carbocycles. The fraction of sp³-hybridized carbons (Fsp3) is 0.438. The smallest absolute Gasteiger partial charge is 0.0950 e. The predicted octanol–water partition coefficient (Wildman–Crippen LogP) is 3.36. The van der Waals surface area contributed by atoms with Crippen molar-refractivity contribution in [2.75, 3.05) is 6.54 Å². The molecule has 0 saturated heterocycles. The Bertz CT molecular complexity index is 474. The second kappa shape index (κ2) is 6.02. The standard InChI is InChI=1S/C16H23N3/c1-14(15-7-5-4-6-8-15)18-10-9-16(2,3)19-12-11-17-13-19/h4-8,11-14,18H,9-10H2,1-3H3. The van der Waals surface area contributed by atoms with Crippen molar-refractivity contribution in [3.63, 3.8) is 0 Å². The number of nitrogens with one attached hydrogen (secondary N) is 1. The fourth-order valence-electron chi connectivity index (χ4n) is 2.20. The molecule has 0 bridgehead atoms. The Hall–Kier alpha value is -1.61. The molecule has 0 amide bonds. The third kappa shape index (κ3) is 3.67. The first kappa shape index (κ1) is 13.8. The quantitative estimate of drug-likeness (QED) is 0.860. The molecule has 0 saturated carbocycles. The van der Waals surface area contributed by atoms with Crippen molar-refractivity contribution in [2.24, 2.45) is 0 Å². The summed E-state index contributed by atoms with van der Waals surface area (Å²) in [6, 6.07) is 10.9. The van der Waals surface area contributed by atoms with Gasteiger partial charge in [0.1, 0.15) is 0 Å². The van der Waals surface area contributed by atoms with Crippen molar-refractivity contribution in [2.45, 2.75) is 38.8 Å². The average molecular weight is 257 g/mol. The lowest BCUT2D eigenvalue weighted by Crippen LogP contribution is -2.31. The van der Waals surface area contributed by atoms with Gasteiger partial charge in [0.2, 0.25) is 0 Å². The van der Waals surface area contributed by atoms with Gasteiger partial charge < -0.3 is 9.88 Å². The highest BCUT2D eigenvalue weighted by atomic mass is 15.1. The maximum Gasteiger partial charge on any atom is 0.0950 e. The van der Waals surface area contributed by atoms with E-state index in [1.54, 1.807) is 0 Å². The van der Waals surface area contributed by atoms with Crippen LogP contribution < -0.4 is 5.32 Å². The van der Waals surface area contributed by atoms with E-state index in [0.717, 1.165) is 13.0 Å². The summed E-state index contributed by atoms with van der Waals surface area (Å²) in [6.45, 7) is 7.67. The fourth-order valence-corrected chi connectivity index (χ4v) is 2.20. The van der Waals surface area contributed by atoms with Gasteiger partial charge in [-0.3, -0.25) is 0 Å². The molecule has 0 aliphatic carbocycles. The van der Waals surface area contributed by atoms with Crippen molar-refractivity contribution >= 4 is 0 Å². The second-order valence-electron chi connectivity index (χ2n) is 5.62. The topological polar surface area (TPSA) is 29.9 Å². The third-order valence-electron chi connectivity index (χ3n) is 3.69. The van der Waals surface area contributed by atoms with Crippen LogP contribution in [0.3, 0.4) is 0 Å². The Morgan fingerprint density at radius 2 is 2.00 bits per heavy atom. The normalized spacial score (nSPS) is 13.4. The first-order valence-corrected chi connectivity index (χ1v) is 6.86. The molecule has 1 heterocycles. The van der Waals surface area contributed by atoms with Gasteiger partial charge >= 0.3 is 0 Å². The van der Waals surface area contributed by atoms with E-state index in [9.17, 15) is 0 Å². The first-order valence-electron chi connectivity index (χ1n) is 6.86. The Balaban J connectivity index is 1.84. The van der Waals surface area contributed by atoms with Crippen molar-refractivity contribution in [3.8, 4) is 0 Å². The van der Waals surface area contributed by atoms with Crippen LogP contribution in [0.5, 0.6) is 0 Å². The maximum absolute atomic E-state index is 4.12. The molecule has 19 heavy (non-hydrogen) atoms. The van der Waals surface area contributed by atoms with Crippen molar-refractivity contribution < 1.29 is 0 Å². The molecule has 1 N–H and O–H groups in total. The lowest BCUT2D eigenvalue weighted by atomic mass is 10.00. The molecule has 1 aromatic heterocycles. The van der Waals surface area contributed by atoms with E-state index in [1.807, 2.05) is 18.7 Å². The van der Waals surface area contributed by atoms with Crippen molar-refractivity contribution in [3.05, 3.63) is 54.6 Å². The van der Waals surface area contributed by atoms with Crippen LogP contribution in [-0.2, 0) is 5.54 Å². The highest BCUT2D eigenvalue weighted by molar-refractivity contribution is 5.17. The Labute approximate surface area is 115 Å². The largest absolute Gasteiger partial charge is 0.332 e. The Morgan fingerprint density at radius 3 is 2.63 bits per heavy atom. The van der Waals surface area contributed by atoms with E-state index < -0.39 is 0 Å². The molecule has 102 valence electrons. The second-order valence-corrected chi connectivity index (χ2v) is 5.62. The number of benzene rings is 1. The van der Waals surface area contributed by atoms with E-state index in [-0.39, 0.29) is 5.54 Å². The number of hydrogen-bond donors (Lipinski definition) is 1. The highest BCUT2D eigenvalue weighted by Crippen LogP contribution is 2.19. The van der Waals surface area contributed by atoms with E-state index in [2.05, 4.69) is 66.0 Å². The molecule has 0 aliphatic rings. The van der Waals surface area contributed by atoms with E-state index in [0.29, 0.717) is 6.04 Å². The van der Waals surface area contributed by atoms with Gasteiger partial charge in [-0.25, -0.2) is 4.98 Å². The van der Waals surface area contributed by atoms with Crippen LogP contribution in [0.4, 0.5) is 0 Å². The highest BCUT2D eigenvalue weighted by Gasteiger charge is 2.19. The SMILES string of the molecule is CC(NCCC(C)(C)n1ccnc1)c1ccccc1. The number of nitrogens with zero attached hydrogens (tertiary/aromatic N) is 2. The molecule has 3 nitrogen and oxygen atoms in total. The average Bonchev–Trinajstić information content (AvgIpc) is 2.94. The van der Waals surface area contributed by atoms with Crippen molar-refractivity contribution in [1.29, 1.82) is 0 Å². The summed E-state index contributed by atoms with van der Waals surface area (Å²) in [7, 11) is 0. The van der Waals surface area contributed by atoms with Gasteiger partial charge in [-0.15, -0.1) is 0 Å². The molecule has 0 fully saturated rings. The zero-order valence-corrected chi connectivity index (χ0v) is 12.0. The Kier molecular flexibility index (Phi) is 4.38. The molecular formula is C16H23N3. The summed E-state index contributed by atoms with van der Waals surface area (Å²) in [6.07, 6.45) is 6.82. The van der Waals surface area contributed by atoms with Crippen LogP contribution in [0.2, 0.25) is 0 Å². The number of aromatic nitrogens is 2. The van der Waals surface area contributed by atoms with Gasteiger partial charge in [-0.2, -0.15) is 0 Å². The van der Waals surface area contributed by atoms with Gasteiger partial charge in [0.25, 0.3) is 0 Å². The van der Waals surface area contributed by atoms with Crippen LogP contribution in [0, 0.1) is 0 Å². The number of rotatable bonds is 6. The zero-order chi connectivity index (χ0) is 13.7. The molecule has 0 radical (unpaired) electrons. The van der Waals surface area contributed by atoms with Crippen LogP contribution in [0.1, 0.15) is 38.8 Å². The molecule has 0 spiro atoms. The maximum atomic E-state index is 4.12. The lowest BCUT2D eigenvalue weighted by molar-refractivity contribution is 0.315. The summed E-state index contributed by atoms with van der Waals surface area (Å²) in [4.78, 5) is 4.12. The van der Waals surface area contributed by atoms with Crippen LogP contribution in [-0.4, -0.2) is 16.1 Å². The summed E-state index contributed by atoms with van der Waals surface area (Å²) in [5.74, 6) is 0. The lowest BCUT2D eigenvalue weighted by Gasteiger charge is -2.27. The third-order valence-corrected chi connectivity index (χ3v) is 3.69. The van der Waals surface area contributed by atoms with Gasteiger partial charge in [0, 0.05) is 24.0 Å². The minimum absolute atomic E-state index is 0.0971. The summed E-state index contributed by atoms with van der Waals surface area (Å²) in [5, 5.41) is 3.58. The predicted molar refractivity (Wildman–Crippen MR) is 79.0 cm³/mol. The summed E-state index contributed by atoms with van der Waals surface area (Å²) >= 11 is 0. The minimum Gasteiger partial charge on any atom is -0.332 e. The molecule has 1 atom stereocenters. The van der Waals surface area contributed by atoms with Gasteiger partial charge in [-0.1, -0.05) is 30.3 Å². The van der Waals surface area contributed by atoms with E-state index in [1.165, 1.54) is 5.56 Å². The van der Waals surface area contributed by atoms with Gasteiger partial charge in [0.05, 0.1) is 6.33 Å². The molecular weight excluding hydrogens is 234 g/mol. The van der Waals surface area contributed by atoms with Crippen LogP contribution in [0.25, 0.3) is 0 Å². The molecule has 0 aliphatic heterocycles. The molecule has 3 heteroatoms. The minimum atomic E-state index is 0.0971. The summed E-state index contributed by atoms with van der Waals surface area (Å²) in [5.41, 5.74) is 1.43. The monoisotopic (exact) mass is 257 g/mol. The molecule has 2 rings (SSSR count). The van der Waals surface area contributed by atoms with Gasteiger partial charge in [0.15, 0.2) is 0 Å². The van der Waals surface area contributed by atoms with Gasteiger partial charge in [-0.05, 0) is 39.3 Å². The van der Waals surface area contributed by atoms with Crippen molar-refractivity contribution in [1.82, 2.24) is 14.9 Å². The number of imidazole rings is 1. The number of hydrogen-bond acceptors (Lipinski definition) is 2. The Morgan fingerprint density at radius 1 is 1.26 bits per heavy atom. The first-order chi connectivity index (χ1) is 9.09. The van der Waals surface area contributed by atoms with E-state index in [4.69, 9.17) is 0 Å². The van der Waals surface area contributed by atoms with E-state index >= 15 is 0 Å². The van der Waals surface area contributed by atoms with Crippen LogP contribution >= 0.6 is 0 Å².